The molecule has 14 heavy (non-hydrogen) atoms. The summed E-state index contributed by atoms with van der Waals surface area (Å²) in [5, 5.41) is 1.55. The van der Waals surface area contributed by atoms with E-state index in [1.165, 1.54) is 0 Å². The van der Waals surface area contributed by atoms with Crippen molar-refractivity contribution in [2.45, 2.75) is 77.4 Å². The molecule has 0 spiro atoms. The predicted molar refractivity (Wildman–Crippen MR) is 70.7 cm³/mol. The van der Waals surface area contributed by atoms with Gasteiger partial charge >= 0.3 is 0 Å². The van der Waals surface area contributed by atoms with Crippen molar-refractivity contribution in [2.75, 3.05) is 0 Å². The molecule has 0 atom stereocenters. The zero-order chi connectivity index (χ0) is 11.8. The van der Waals surface area contributed by atoms with Crippen LogP contribution in [-0.2, 0) is 0 Å². The largest absolute Gasteiger partial charge is 0.0633 e. The summed E-state index contributed by atoms with van der Waals surface area (Å²) in [6, 6.07) is 0. The van der Waals surface area contributed by atoms with Crippen LogP contribution in [0.15, 0.2) is 0 Å². The van der Waals surface area contributed by atoms with Crippen LogP contribution >= 0.6 is 0 Å². The quantitative estimate of drug-likeness (QED) is 0.579. The second-order valence-corrected chi connectivity index (χ2v) is 15.0. The molecule has 0 amide bonds. The Morgan fingerprint density at radius 3 is 1.00 bits per heavy atom. The molecular weight excluding hydrogens is 200 g/mol. The Hall–Kier alpha value is 0.434. The highest BCUT2D eigenvalue weighted by Crippen LogP contribution is 2.44. The Bertz CT molecular complexity index is 162. The standard InChI is InChI=1S/C12H27Si2/c1-10(2,3)13-14(11(4,5)6)12(7,8)9/h1-9H3. The van der Waals surface area contributed by atoms with Gasteiger partial charge in [0.05, 0.1) is 0 Å². The topological polar surface area (TPSA) is 0 Å². The van der Waals surface area contributed by atoms with Crippen LogP contribution in [0.25, 0.3) is 0 Å². The fraction of sp³-hybridized carbons (Fsp3) is 1.00. The monoisotopic (exact) mass is 227 g/mol. The van der Waals surface area contributed by atoms with E-state index in [4.69, 9.17) is 0 Å². The first-order chi connectivity index (χ1) is 5.84. The zero-order valence-corrected chi connectivity index (χ0v) is 13.5. The van der Waals surface area contributed by atoms with Crippen molar-refractivity contribution in [3.05, 3.63) is 0 Å². The first kappa shape index (κ1) is 14.4. The molecule has 0 aliphatic heterocycles. The third-order valence-electron chi connectivity index (χ3n) is 2.00. The smallest absolute Gasteiger partial charge is 0.0471 e. The van der Waals surface area contributed by atoms with Crippen LogP contribution in [-0.4, -0.2) is 17.4 Å². The van der Waals surface area contributed by atoms with Crippen LogP contribution in [0.4, 0.5) is 0 Å². The molecule has 0 fully saturated rings. The summed E-state index contributed by atoms with van der Waals surface area (Å²) in [7, 11) is 0.832. The van der Waals surface area contributed by atoms with Gasteiger partial charge in [0.1, 0.15) is 0 Å². The minimum Gasteiger partial charge on any atom is -0.0633 e. The summed E-state index contributed by atoms with van der Waals surface area (Å²) in [5.41, 5.74) is 0. The Morgan fingerprint density at radius 1 is 0.643 bits per heavy atom. The van der Waals surface area contributed by atoms with Crippen molar-refractivity contribution in [3.63, 3.8) is 0 Å². The average molecular weight is 228 g/mol. The van der Waals surface area contributed by atoms with Crippen molar-refractivity contribution in [1.82, 2.24) is 0 Å². The van der Waals surface area contributed by atoms with E-state index in [0.717, 1.165) is 9.04 Å². The normalized spacial score (nSPS) is 15.0. The van der Waals surface area contributed by atoms with E-state index < -0.39 is 0 Å². The maximum atomic E-state index is 2.42. The summed E-state index contributed by atoms with van der Waals surface area (Å²) >= 11 is 0. The van der Waals surface area contributed by atoms with E-state index in [0.29, 0.717) is 15.1 Å². The Balaban J connectivity index is 4.78. The average Bonchev–Trinajstić information content (AvgIpc) is 1.75. The maximum absolute atomic E-state index is 2.42. The molecule has 0 heterocycles. The van der Waals surface area contributed by atoms with Gasteiger partial charge in [-0.15, -0.1) is 0 Å². The summed E-state index contributed by atoms with van der Waals surface area (Å²) in [6.07, 6.45) is 0. The fourth-order valence-electron chi connectivity index (χ4n) is 1.88. The first-order valence-corrected chi connectivity index (χ1v) is 9.00. The van der Waals surface area contributed by atoms with Gasteiger partial charge in [-0.2, -0.15) is 0 Å². The van der Waals surface area contributed by atoms with Crippen molar-refractivity contribution in [2.24, 2.45) is 0 Å². The minimum absolute atomic E-state index is 0.305. The third kappa shape index (κ3) is 5.35. The highest BCUT2D eigenvalue weighted by atomic mass is 29.2. The Labute approximate surface area is 95.1 Å². The molecule has 83 valence electrons. The molecule has 0 aliphatic rings. The van der Waals surface area contributed by atoms with E-state index >= 15 is 0 Å². The summed E-state index contributed by atoms with van der Waals surface area (Å²) in [5.74, 6) is 0. The lowest BCUT2D eigenvalue weighted by atomic mass is 10.2. The number of hydrogen-bond donors (Lipinski definition) is 0. The molecule has 0 aromatic heterocycles. The number of rotatable bonds is 1. The molecule has 0 bridgehead atoms. The van der Waals surface area contributed by atoms with E-state index in [1.54, 1.807) is 0 Å². The molecule has 0 aromatic carbocycles. The molecule has 0 saturated carbocycles. The van der Waals surface area contributed by atoms with Crippen LogP contribution in [0.1, 0.15) is 62.3 Å². The van der Waals surface area contributed by atoms with Crippen LogP contribution in [0.3, 0.4) is 0 Å². The van der Waals surface area contributed by atoms with Crippen LogP contribution < -0.4 is 0 Å². The van der Waals surface area contributed by atoms with Crippen LogP contribution in [0.2, 0.25) is 15.1 Å². The molecule has 0 rings (SSSR count). The second-order valence-electron chi connectivity index (χ2n) is 7.25. The molecule has 0 aromatic rings. The van der Waals surface area contributed by atoms with Crippen LogP contribution in [0.5, 0.6) is 0 Å². The van der Waals surface area contributed by atoms with Gasteiger partial charge < -0.3 is 0 Å². The highest BCUT2D eigenvalue weighted by molar-refractivity contribution is 7.16. The molecule has 0 nitrogen and oxygen atoms in total. The van der Waals surface area contributed by atoms with Crippen molar-refractivity contribution >= 4 is 17.4 Å². The van der Waals surface area contributed by atoms with Gasteiger partial charge in [0.15, 0.2) is 0 Å². The lowest BCUT2D eigenvalue weighted by molar-refractivity contribution is 0.652. The summed E-state index contributed by atoms with van der Waals surface area (Å²) in [4.78, 5) is 0. The van der Waals surface area contributed by atoms with Crippen molar-refractivity contribution in [3.8, 4) is 0 Å². The van der Waals surface area contributed by atoms with E-state index in [9.17, 15) is 0 Å². The van der Waals surface area contributed by atoms with E-state index in [1.807, 2.05) is 0 Å². The summed E-state index contributed by atoms with van der Waals surface area (Å²) < 4.78 is 0. The molecule has 3 radical (unpaired) electrons. The molecular formula is C12H27Si2. The zero-order valence-electron chi connectivity index (χ0n) is 11.5. The molecule has 0 N–H and O–H groups in total. The predicted octanol–water partition coefficient (Wildman–Crippen LogP) is 4.50. The van der Waals surface area contributed by atoms with Gasteiger partial charge in [-0.25, -0.2) is 0 Å². The molecule has 2 heteroatoms. The lowest BCUT2D eigenvalue weighted by Gasteiger charge is -2.42. The van der Waals surface area contributed by atoms with Gasteiger partial charge in [0, 0.05) is 17.4 Å². The third-order valence-corrected chi connectivity index (χ3v) is 13.5. The van der Waals surface area contributed by atoms with Gasteiger partial charge in [0.25, 0.3) is 0 Å². The van der Waals surface area contributed by atoms with Crippen molar-refractivity contribution < 1.29 is 0 Å². The maximum Gasteiger partial charge on any atom is 0.0471 e. The fourth-order valence-corrected chi connectivity index (χ4v) is 10.1. The van der Waals surface area contributed by atoms with Gasteiger partial charge in [-0.3, -0.25) is 0 Å². The van der Waals surface area contributed by atoms with Crippen LogP contribution in [0, 0.1) is 0 Å². The molecule has 0 aliphatic carbocycles. The second kappa shape index (κ2) is 4.13. The van der Waals surface area contributed by atoms with Crippen molar-refractivity contribution in [1.29, 1.82) is 0 Å². The van der Waals surface area contributed by atoms with E-state index in [2.05, 4.69) is 62.3 Å². The molecule has 0 saturated heterocycles. The minimum atomic E-state index is -0.305. The SMILES string of the molecule is CC(C)(C)[Si][Si](C(C)(C)C)C(C)(C)C. The highest BCUT2D eigenvalue weighted by Gasteiger charge is 2.39. The lowest BCUT2D eigenvalue weighted by Crippen LogP contribution is -2.44. The van der Waals surface area contributed by atoms with Gasteiger partial charge in [-0.1, -0.05) is 62.3 Å². The van der Waals surface area contributed by atoms with E-state index in [-0.39, 0.29) is 8.31 Å². The first-order valence-electron chi connectivity index (χ1n) is 5.50. The number of hydrogen-bond acceptors (Lipinski definition) is 0. The molecule has 0 unspecified atom stereocenters. The Kier molecular flexibility index (Phi) is 4.25. The Morgan fingerprint density at radius 2 is 0.929 bits per heavy atom. The summed E-state index contributed by atoms with van der Waals surface area (Å²) in [6.45, 7) is 21.7. The van der Waals surface area contributed by atoms with Gasteiger partial charge in [0.2, 0.25) is 0 Å². The van der Waals surface area contributed by atoms with Gasteiger partial charge in [-0.05, 0) is 15.1 Å².